The fourth-order valence-electron chi connectivity index (χ4n) is 3.81. The molecule has 1 aromatic heterocycles. The van der Waals surface area contributed by atoms with E-state index in [2.05, 4.69) is 39.4 Å². The maximum absolute atomic E-state index is 12.2. The summed E-state index contributed by atoms with van der Waals surface area (Å²) in [6, 6.07) is 8.87. The minimum Gasteiger partial charge on any atom is -0.444 e. The summed E-state index contributed by atoms with van der Waals surface area (Å²) < 4.78 is 6.86. The molecular formula is C23H35N3O2S. The highest BCUT2D eigenvalue weighted by Crippen LogP contribution is 2.31. The van der Waals surface area contributed by atoms with Gasteiger partial charge in [-0.25, -0.2) is 4.79 Å². The number of rotatable bonds is 7. The Bertz CT molecular complexity index is 791. The lowest BCUT2D eigenvalue weighted by molar-refractivity contribution is 0.0256. The minimum absolute atomic E-state index is 0.198. The van der Waals surface area contributed by atoms with Crippen LogP contribution in [-0.2, 0) is 4.74 Å². The van der Waals surface area contributed by atoms with E-state index in [4.69, 9.17) is 4.74 Å². The van der Waals surface area contributed by atoms with Gasteiger partial charge in [-0.05, 0) is 70.7 Å². The van der Waals surface area contributed by atoms with Crippen LogP contribution in [-0.4, -0.2) is 67.3 Å². The van der Waals surface area contributed by atoms with Gasteiger partial charge in [-0.2, -0.15) is 0 Å². The van der Waals surface area contributed by atoms with Crippen LogP contribution in [0.4, 0.5) is 10.5 Å². The fourth-order valence-corrected chi connectivity index (χ4v) is 4.62. The Morgan fingerprint density at radius 3 is 2.59 bits per heavy atom. The third kappa shape index (κ3) is 6.09. The van der Waals surface area contributed by atoms with Crippen molar-refractivity contribution in [2.24, 2.45) is 0 Å². The lowest BCUT2D eigenvalue weighted by Crippen LogP contribution is -2.46. The molecule has 0 saturated carbocycles. The quantitative estimate of drug-likeness (QED) is 0.590. The third-order valence-corrected chi connectivity index (χ3v) is 6.25. The number of carbonyl (C=O) groups is 1. The van der Waals surface area contributed by atoms with Crippen LogP contribution >= 0.6 is 11.3 Å². The zero-order valence-electron chi connectivity index (χ0n) is 18.3. The van der Waals surface area contributed by atoms with Gasteiger partial charge in [0.1, 0.15) is 5.60 Å². The second-order valence-corrected chi connectivity index (χ2v) is 9.65. The van der Waals surface area contributed by atoms with Crippen molar-refractivity contribution in [2.45, 2.75) is 46.1 Å². The molecular weight excluding hydrogens is 382 g/mol. The lowest BCUT2D eigenvalue weighted by Gasteiger charge is -2.36. The standard InChI is InChI=1S/C23H35N3O2S/c1-5-25(22(27)28-23(2,3)4)13-7-6-12-24-14-16-26(17-15-24)20-9-8-10-21-19(20)11-18-29-21/h8-11,18H,5-7,12-17H2,1-4H3. The topological polar surface area (TPSA) is 36.0 Å². The molecule has 2 heterocycles. The van der Waals surface area contributed by atoms with Crippen molar-refractivity contribution in [3.8, 4) is 0 Å². The summed E-state index contributed by atoms with van der Waals surface area (Å²) in [6.07, 6.45) is 1.93. The van der Waals surface area contributed by atoms with Crippen LogP contribution in [0.15, 0.2) is 29.6 Å². The molecule has 1 aromatic carbocycles. The van der Waals surface area contributed by atoms with Crippen LogP contribution in [0.2, 0.25) is 0 Å². The van der Waals surface area contributed by atoms with Gasteiger partial charge in [0.15, 0.2) is 0 Å². The number of piperazine rings is 1. The third-order valence-electron chi connectivity index (χ3n) is 5.37. The molecule has 3 rings (SSSR count). The highest BCUT2D eigenvalue weighted by molar-refractivity contribution is 7.17. The molecule has 1 aliphatic rings. The van der Waals surface area contributed by atoms with Crippen molar-refractivity contribution in [2.75, 3.05) is 50.7 Å². The SMILES string of the molecule is CCN(CCCCN1CCN(c2cccc3sccc23)CC1)C(=O)OC(C)(C)C. The van der Waals surface area contributed by atoms with Crippen LogP contribution < -0.4 is 4.90 Å². The normalized spacial score (nSPS) is 15.7. The number of carbonyl (C=O) groups excluding carboxylic acids is 1. The summed E-state index contributed by atoms with van der Waals surface area (Å²) in [5, 5.41) is 3.56. The van der Waals surface area contributed by atoms with E-state index in [1.165, 1.54) is 15.8 Å². The smallest absolute Gasteiger partial charge is 0.410 e. The average Bonchev–Trinajstić information content (AvgIpc) is 3.16. The molecule has 1 fully saturated rings. The molecule has 0 radical (unpaired) electrons. The number of nitrogens with zero attached hydrogens (tertiary/aromatic N) is 3. The van der Waals surface area contributed by atoms with Crippen molar-refractivity contribution in [3.63, 3.8) is 0 Å². The largest absolute Gasteiger partial charge is 0.444 e. The Kier molecular flexibility index (Phi) is 7.41. The Hall–Kier alpha value is -1.79. The van der Waals surface area contributed by atoms with Crippen LogP contribution in [0.5, 0.6) is 0 Å². The van der Waals surface area contributed by atoms with Gasteiger partial charge in [0, 0.05) is 55.0 Å². The fraction of sp³-hybridized carbons (Fsp3) is 0.609. The van der Waals surface area contributed by atoms with E-state index in [1.54, 1.807) is 0 Å². The Morgan fingerprint density at radius 1 is 1.14 bits per heavy atom. The molecule has 1 saturated heterocycles. The number of hydrogen-bond donors (Lipinski definition) is 0. The van der Waals surface area contributed by atoms with E-state index in [0.29, 0.717) is 6.54 Å². The molecule has 160 valence electrons. The summed E-state index contributed by atoms with van der Waals surface area (Å²) in [6.45, 7) is 14.7. The zero-order valence-corrected chi connectivity index (χ0v) is 19.1. The Balaban J connectivity index is 1.39. The highest BCUT2D eigenvalue weighted by atomic mass is 32.1. The van der Waals surface area contributed by atoms with Crippen LogP contribution in [0, 0.1) is 0 Å². The highest BCUT2D eigenvalue weighted by Gasteiger charge is 2.21. The summed E-state index contributed by atoms with van der Waals surface area (Å²) in [7, 11) is 0. The van der Waals surface area contributed by atoms with E-state index < -0.39 is 5.60 Å². The van der Waals surface area contributed by atoms with Gasteiger partial charge >= 0.3 is 6.09 Å². The number of hydrogen-bond acceptors (Lipinski definition) is 5. The molecule has 29 heavy (non-hydrogen) atoms. The first kappa shape index (κ1) is 21.9. The van der Waals surface area contributed by atoms with Crippen molar-refractivity contribution in [1.82, 2.24) is 9.80 Å². The molecule has 0 bridgehead atoms. The summed E-state index contributed by atoms with van der Waals surface area (Å²) in [4.78, 5) is 19.1. The molecule has 6 heteroatoms. The van der Waals surface area contributed by atoms with E-state index in [-0.39, 0.29) is 6.09 Å². The van der Waals surface area contributed by atoms with E-state index >= 15 is 0 Å². The number of anilines is 1. The first-order valence-electron chi connectivity index (χ1n) is 10.8. The molecule has 2 aromatic rings. The molecule has 0 atom stereocenters. The molecule has 1 aliphatic heterocycles. The number of amides is 1. The molecule has 1 amide bonds. The summed E-state index contributed by atoms with van der Waals surface area (Å²) in [5.74, 6) is 0. The van der Waals surface area contributed by atoms with Crippen LogP contribution in [0.3, 0.4) is 0 Å². The van der Waals surface area contributed by atoms with Gasteiger partial charge in [-0.1, -0.05) is 6.07 Å². The number of thiophene rings is 1. The predicted molar refractivity (Wildman–Crippen MR) is 123 cm³/mol. The van der Waals surface area contributed by atoms with E-state index in [9.17, 15) is 4.79 Å². The summed E-state index contributed by atoms with van der Waals surface area (Å²) >= 11 is 1.81. The van der Waals surface area contributed by atoms with E-state index in [1.807, 2.05) is 43.9 Å². The molecule has 5 nitrogen and oxygen atoms in total. The van der Waals surface area contributed by atoms with Crippen molar-refractivity contribution in [3.05, 3.63) is 29.6 Å². The lowest BCUT2D eigenvalue weighted by atomic mass is 10.1. The Labute approximate surface area is 179 Å². The number of fused-ring (bicyclic) bond motifs is 1. The summed E-state index contributed by atoms with van der Waals surface area (Å²) in [5.41, 5.74) is 0.941. The number of unbranched alkanes of at least 4 members (excludes halogenated alkanes) is 1. The van der Waals surface area contributed by atoms with E-state index in [0.717, 1.165) is 52.1 Å². The van der Waals surface area contributed by atoms with Gasteiger partial charge in [-0.15, -0.1) is 11.3 Å². The minimum atomic E-state index is -0.433. The maximum Gasteiger partial charge on any atom is 0.410 e. The zero-order chi connectivity index (χ0) is 20.9. The molecule has 0 spiro atoms. The van der Waals surface area contributed by atoms with Crippen LogP contribution in [0.1, 0.15) is 40.5 Å². The second kappa shape index (κ2) is 9.81. The van der Waals surface area contributed by atoms with Gasteiger partial charge in [-0.3, -0.25) is 4.90 Å². The maximum atomic E-state index is 12.2. The first-order chi connectivity index (χ1) is 13.9. The van der Waals surface area contributed by atoms with Crippen molar-refractivity contribution < 1.29 is 9.53 Å². The van der Waals surface area contributed by atoms with Gasteiger partial charge in [0.05, 0.1) is 0 Å². The second-order valence-electron chi connectivity index (χ2n) is 8.71. The van der Waals surface area contributed by atoms with Gasteiger partial charge in [0.2, 0.25) is 0 Å². The molecule has 0 aliphatic carbocycles. The van der Waals surface area contributed by atoms with Gasteiger partial charge < -0.3 is 14.5 Å². The predicted octanol–water partition coefficient (Wildman–Crippen LogP) is 5.06. The van der Waals surface area contributed by atoms with Crippen molar-refractivity contribution in [1.29, 1.82) is 0 Å². The first-order valence-corrected chi connectivity index (χ1v) is 11.7. The van der Waals surface area contributed by atoms with Gasteiger partial charge in [0.25, 0.3) is 0 Å². The average molecular weight is 418 g/mol. The van der Waals surface area contributed by atoms with Crippen molar-refractivity contribution >= 4 is 33.2 Å². The Morgan fingerprint density at radius 2 is 1.90 bits per heavy atom. The number of benzene rings is 1. The molecule has 0 unspecified atom stereocenters. The monoisotopic (exact) mass is 417 g/mol. The number of ether oxygens (including phenoxy) is 1. The molecule has 0 N–H and O–H groups in total. The van der Waals surface area contributed by atoms with Crippen LogP contribution in [0.25, 0.3) is 10.1 Å².